The van der Waals surface area contributed by atoms with Crippen LogP contribution in [0.1, 0.15) is 58.4 Å². The molecule has 1 aliphatic carbocycles. The van der Waals surface area contributed by atoms with Crippen LogP contribution in [0.4, 0.5) is 0 Å². The highest BCUT2D eigenvalue weighted by Gasteiger charge is 2.22. The van der Waals surface area contributed by atoms with Crippen LogP contribution in [0.15, 0.2) is 146 Å². The maximum atomic E-state index is 4.80. The SMILES string of the molecule is C=C/C(C)=C\C.Cc1ccc(C)c(C)c1.Cc1ccnc(-n2c3ccccc3c3cc4c(cc32)-c2cc3[nH]c5ccc(-c6ccc(C)c(C)c6)cc5c3cc2CC4)c1. The lowest BCUT2D eigenvalue weighted by Gasteiger charge is -2.21. The highest BCUT2D eigenvalue weighted by atomic mass is 15.1. The first-order chi connectivity index (χ1) is 28.0. The standard InChI is InChI=1S/C40H31N3.C9H12.C6H10/c1-23-14-15-41-40(16-23)43-38-7-5-4-6-30(38)35-20-29-11-10-28-19-34-33-18-27(26-9-8-24(2)25(3)17-26)12-13-36(33)42-37(34)21-31(28)32(29)22-39(35)43;1-7-4-5-8(2)9(3)6-7;1-4-6(3)5-2/h4-9,12-22,42H,10-11H2,1-3H3;4-6H,1-3H3;4-5H,1H2,2-3H3/b;;6-5-. The molecule has 1 N–H and O–H groups in total. The van der Waals surface area contributed by atoms with E-state index in [-0.39, 0.29) is 0 Å². The van der Waals surface area contributed by atoms with Crippen LogP contribution in [0.3, 0.4) is 0 Å². The molecule has 0 aliphatic heterocycles. The van der Waals surface area contributed by atoms with Crippen molar-refractivity contribution in [2.75, 3.05) is 0 Å². The molecule has 0 bridgehead atoms. The number of pyridine rings is 1. The normalized spacial score (nSPS) is 12.2. The zero-order valence-corrected chi connectivity index (χ0v) is 35.2. The highest BCUT2D eigenvalue weighted by Crippen LogP contribution is 2.43. The molecular weight excluding hydrogens is 703 g/mol. The van der Waals surface area contributed by atoms with Gasteiger partial charge in [0.25, 0.3) is 0 Å². The summed E-state index contributed by atoms with van der Waals surface area (Å²) in [4.78, 5) is 8.54. The molecule has 1 aliphatic rings. The quantitative estimate of drug-likeness (QED) is 0.179. The van der Waals surface area contributed by atoms with Gasteiger partial charge in [-0.2, -0.15) is 0 Å². The lowest BCUT2D eigenvalue weighted by molar-refractivity contribution is 0.946. The summed E-state index contributed by atoms with van der Waals surface area (Å²) in [7, 11) is 0. The minimum absolute atomic E-state index is 0.966. The molecule has 9 aromatic rings. The number of rotatable bonds is 3. The van der Waals surface area contributed by atoms with Gasteiger partial charge in [0.2, 0.25) is 0 Å². The third-order valence-electron chi connectivity index (χ3n) is 12.1. The average Bonchev–Trinajstić information content (AvgIpc) is 3.76. The fourth-order valence-corrected chi connectivity index (χ4v) is 8.24. The Balaban J connectivity index is 0.000000266. The van der Waals surface area contributed by atoms with E-state index in [0.29, 0.717) is 0 Å². The number of hydrogen-bond donors (Lipinski definition) is 1. The minimum Gasteiger partial charge on any atom is -0.354 e. The first-order valence-electron chi connectivity index (χ1n) is 20.5. The molecule has 0 unspecified atom stereocenters. The molecule has 10 rings (SSSR count). The van der Waals surface area contributed by atoms with Crippen LogP contribution in [0.25, 0.3) is 71.7 Å². The van der Waals surface area contributed by atoms with Crippen molar-refractivity contribution in [1.82, 2.24) is 14.5 Å². The van der Waals surface area contributed by atoms with Gasteiger partial charge in [0.15, 0.2) is 0 Å². The zero-order chi connectivity index (χ0) is 40.7. The summed E-state index contributed by atoms with van der Waals surface area (Å²) < 4.78 is 2.34. The van der Waals surface area contributed by atoms with Gasteiger partial charge in [-0.3, -0.25) is 4.57 Å². The number of aryl methyl sites for hydroxylation is 8. The predicted octanol–water partition coefficient (Wildman–Crippen LogP) is 14.9. The number of benzene rings is 6. The summed E-state index contributed by atoms with van der Waals surface area (Å²) >= 11 is 0. The van der Waals surface area contributed by atoms with Crippen molar-refractivity contribution in [2.24, 2.45) is 0 Å². The summed E-state index contributed by atoms with van der Waals surface area (Å²) in [6.07, 6.45) is 7.86. The number of nitrogens with one attached hydrogen (secondary N) is 1. The Labute approximate surface area is 343 Å². The molecule has 288 valence electrons. The number of fused-ring (bicyclic) bond motifs is 9. The number of para-hydroxylation sites is 1. The Hall–Kier alpha value is -6.45. The molecule has 3 heterocycles. The topological polar surface area (TPSA) is 33.6 Å². The van der Waals surface area contributed by atoms with Crippen molar-refractivity contribution in [3.63, 3.8) is 0 Å². The number of aromatic nitrogens is 3. The molecule has 0 radical (unpaired) electrons. The summed E-state index contributed by atoms with van der Waals surface area (Å²) in [5.41, 5.74) is 22.1. The van der Waals surface area contributed by atoms with Crippen LogP contribution in [0, 0.1) is 41.5 Å². The third-order valence-corrected chi connectivity index (χ3v) is 12.1. The smallest absolute Gasteiger partial charge is 0.137 e. The Morgan fingerprint density at radius 1 is 0.586 bits per heavy atom. The van der Waals surface area contributed by atoms with Gasteiger partial charge in [0, 0.05) is 38.8 Å². The predicted molar refractivity (Wildman–Crippen MR) is 251 cm³/mol. The van der Waals surface area contributed by atoms with E-state index in [9.17, 15) is 0 Å². The van der Waals surface area contributed by atoms with Crippen molar-refractivity contribution in [1.29, 1.82) is 0 Å². The van der Waals surface area contributed by atoms with E-state index in [2.05, 4.69) is 173 Å². The van der Waals surface area contributed by atoms with Gasteiger partial charge in [-0.25, -0.2) is 4.98 Å². The maximum Gasteiger partial charge on any atom is 0.137 e. The Bertz CT molecular complexity index is 3060. The Kier molecular flexibility index (Phi) is 10.5. The molecule has 0 amide bonds. The summed E-state index contributed by atoms with van der Waals surface area (Å²) in [5.74, 6) is 0.966. The fraction of sp³-hybridized carbons (Fsp3) is 0.182. The van der Waals surface area contributed by atoms with Crippen molar-refractivity contribution in [3.8, 4) is 28.1 Å². The lowest BCUT2D eigenvalue weighted by Crippen LogP contribution is -2.05. The van der Waals surface area contributed by atoms with E-state index in [1.54, 1.807) is 0 Å². The van der Waals surface area contributed by atoms with Gasteiger partial charge in [0.1, 0.15) is 5.82 Å². The van der Waals surface area contributed by atoms with Gasteiger partial charge in [-0.1, -0.05) is 90.5 Å². The number of hydrogen-bond acceptors (Lipinski definition) is 1. The van der Waals surface area contributed by atoms with Gasteiger partial charge in [0.05, 0.1) is 11.0 Å². The van der Waals surface area contributed by atoms with Crippen LogP contribution in [0.5, 0.6) is 0 Å². The van der Waals surface area contributed by atoms with Gasteiger partial charge in [-0.05, 0) is 184 Å². The molecule has 6 aromatic carbocycles. The monoisotopic (exact) mass is 755 g/mol. The largest absolute Gasteiger partial charge is 0.354 e. The first-order valence-corrected chi connectivity index (χ1v) is 20.5. The van der Waals surface area contributed by atoms with Crippen molar-refractivity contribution >= 4 is 43.6 Å². The minimum atomic E-state index is 0.966. The second-order valence-electron chi connectivity index (χ2n) is 16.1. The summed E-state index contributed by atoms with van der Waals surface area (Å²) in [6, 6.07) is 42.8. The molecule has 3 nitrogen and oxygen atoms in total. The van der Waals surface area contributed by atoms with E-state index in [1.807, 2.05) is 32.2 Å². The molecule has 58 heavy (non-hydrogen) atoms. The van der Waals surface area contributed by atoms with Crippen LogP contribution < -0.4 is 0 Å². The molecule has 0 spiro atoms. The highest BCUT2D eigenvalue weighted by molar-refractivity contribution is 6.12. The van der Waals surface area contributed by atoms with Gasteiger partial charge in [-0.15, -0.1) is 0 Å². The maximum absolute atomic E-state index is 4.80. The average molecular weight is 756 g/mol. The zero-order valence-electron chi connectivity index (χ0n) is 35.2. The summed E-state index contributed by atoms with van der Waals surface area (Å²) in [5, 5.41) is 5.18. The van der Waals surface area contributed by atoms with Crippen LogP contribution in [-0.2, 0) is 12.8 Å². The van der Waals surface area contributed by atoms with E-state index >= 15 is 0 Å². The fourth-order valence-electron chi connectivity index (χ4n) is 8.24. The third kappa shape index (κ3) is 7.29. The molecule has 0 saturated carbocycles. The molecule has 0 saturated heterocycles. The first kappa shape index (κ1) is 38.4. The van der Waals surface area contributed by atoms with Crippen molar-refractivity contribution in [3.05, 3.63) is 190 Å². The Morgan fingerprint density at radius 2 is 1.22 bits per heavy atom. The van der Waals surface area contributed by atoms with Crippen LogP contribution >= 0.6 is 0 Å². The van der Waals surface area contributed by atoms with Crippen molar-refractivity contribution < 1.29 is 0 Å². The second kappa shape index (κ2) is 15.8. The van der Waals surface area contributed by atoms with E-state index < -0.39 is 0 Å². The van der Waals surface area contributed by atoms with Gasteiger partial charge >= 0.3 is 0 Å². The molecule has 0 fully saturated rings. The van der Waals surface area contributed by atoms with Gasteiger partial charge < -0.3 is 4.98 Å². The van der Waals surface area contributed by atoms with E-state index in [1.165, 1.54) is 116 Å². The molecule has 3 heteroatoms. The van der Waals surface area contributed by atoms with Crippen LogP contribution in [-0.4, -0.2) is 14.5 Å². The Morgan fingerprint density at radius 3 is 1.90 bits per heavy atom. The van der Waals surface area contributed by atoms with E-state index in [4.69, 9.17) is 4.98 Å². The number of allylic oxidation sites excluding steroid dienone is 3. The number of H-pyrrole nitrogens is 1. The molecule has 3 aromatic heterocycles. The number of nitrogens with zero attached hydrogens (tertiary/aromatic N) is 2. The van der Waals surface area contributed by atoms with Crippen LogP contribution in [0.2, 0.25) is 0 Å². The number of aromatic amines is 1. The molecular formula is C55H53N3. The van der Waals surface area contributed by atoms with E-state index in [0.717, 1.165) is 18.7 Å². The second-order valence-corrected chi connectivity index (χ2v) is 16.1. The lowest BCUT2D eigenvalue weighted by atomic mass is 9.84. The molecule has 0 atom stereocenters. The van der Waals surface area contributed by atoms with Crippen molar-refractivity contribution in [2.45, 2.75) is 68.2 Å². The summed E-state index contributed by atoms with van der Waals surface area (Å²) in [6.45, 7) is 20.5.